The van der Waals surface area contributed by atoms with Crippen LogP contribution in [0.15, 0.2) is 29.3 Å². The molecule has 7 rings (SSSR count). The van der Waals surface area contributed by atoms with Crippen LogP contribution >= 0.6 is 13.4 Å². The average molecular weight is 732 g/mol. The minimum absolute atomic E-state index is 0.204. The number of aromatic amines is 1. The van der Waals surface area contributed by atoms with Crippen LogP contribution in [0, 0.1) is 12.3 Å². The summed E-state index contributed by atoms with van der Waals surface area (Å²) in [5.74, 6) is 2.06. The van der Waals surface area contributed by atoms with Gasteiger partial charge in [-0.2, -0.15) is 9.67 Å². The molecular weight excluding hydrogens is 707 g/mol. The van der Waals surface area contributed by atoms with Crippen molar-refractivity contribution >= 4 is 70.9 Å². The van der Waals surface area contributed by atoms with E-state index in [1.807, 2.05) is 0 Å². The molecule has 0 aromatic carbocycles. The number of terminal acetylenes is 1. The number of hydrogen-bond acceptors (Lipinski definition) is 16. The van der Waals surface area contributed by atoms with Crippen LogP contribution in [0.2, 0.25) is 0 Å². The van der Waals surface area contributed by atoms with Gasteiger partial charge >= 0.3 is 13.4 Å². The summed E-state index contributed by atoms with van der Waals surface area (Å²) in [6, 6.07) is 3.22. The summed E-state index contributed by atoms with van der Waals surface area (Å²) in [5.41, 5.74) is 9.17. The fourth-order valence-electron chi connectivity index (χ4n) is 5.57. The van der Waals surface area contributed by atoms with Gasteiger partial charge in [0.25, 0.3) is 5.56 Å². The fraction of sp³-hybridized carbons (Fsp3) is 0.435. The molecule has 3 aliphatic heterocycles. The molecule has 8 N–H and O–H groups in total. The lowest BCUT2D eigenvalue weighted by Crippen LogP contribution is -2.47. The Hall–Kier alpha value is -3.00. The Morgan fingerprint density at radius 1 is 1.17 bits per heavy atom. The van der Waals surface area contributed by atoms with Crippen molar-refractivity contribution in [2.24, 2.45) is 0 Å². The van der Waals surface area contributed by atoms with E-state index in [0.717, 1.165) is 4.68 Å². The normalized spacial score (nSPS) is 38.0. The van der Waals surface area contributed by atoms with Crippen molar-refractivity contribution < 1.29 is 46.9 Å². The quantitative estimate of drug-likeness (QED) is 0.112. The molecule has 7 heterocycles. The molecule has 3 saturated heterocycles. The topological polar surface area (TPSA) is 262 Å². The molecule has 4 aromatic heterocycles. The van der Waals surface area contributed by atoms with Crippen molar-refractivity contribution in [3.8, 4) is 12.3 Å². The van der Waals surface area contributed by atoms with Gasteiger partial charge in [-0.1, -0.05) is 11.1 Å². The monoisotopic (exact) mass is 731 g/mol. The summed E-state index contributed by atoms with van der Waals surface area (Å²) in [5, 5.41) is 19.6. The Labute approximate surface area is 272 Å². The van der Waals surface area contributed by atoms with E-state index < -0.39 is 80.9 Å². The van der Waals surface area contributed by atoms with Gasteiger partial charge in [0.05, 0.1) is 13.2 Å². The minimum Gasteiger partial charge on any atom is -0.398 e. The number of halogens is 1. The maximum Gasteiger partial charge on any atom is 0.325 e. The largest absolute Gasteiger partial charge is 0.398 e. The Kier molecular flexibility index (Phi) is 8.00. The molecule has 0 spiro atoms. The van der Waals surface area contributed by atoms with Gasteiger partial charge in [-0.15, -0.1) is 11.5 Å². The average Bonchev–Trinajstić information content (AvgIpc) is 3.76. The van der Waals surface area contributed by atoms with E-state index in [1.54, 1.807) is 12.1 Å². The van der Waals surface area contributed by atoms with E-state index in [0.29, 0.717) is 16.7 Å². The highest BCUT2D eigenvalue weighted by molar-refractivity contribution is 8.07. The van der Waals surface area contributed by atoms with E-state index in [4.69, 9.17) is 69.1 Å². The van der Waals surface area contributed by atoms with Crippen LogP contribution in [-0.2, 0) is 51.2 Å². The molecule has 0 amide bonds. The van der Waals surface area contributed by atoms with Gasteiger partial charge in [0.1, 0.15) is 30.1 Å². The van der Waals surface area contributed by atoms with Gasteiger partial charge in [0.2, 0.25) is 5.95 Å². The SMILES string of the molecule is C#C[C@@]12COP(O)(=S)O[C@@H]3[C@H](F)[C@@H](COP(O)(=S)O[C@H]1[C@@H](O)[C@H](n1ccc4c(N)ccnc41)O2)O[C@H]3n1nnc2c(=O)[nH]c(N)nc21. The lowest BCUT2D eigenvalue weighted by atomic mass is 9.97. The predicted octanol–water partition coefficient (Wildman–Crippen LogP) is -0.523. The minimum atomic E-state index is -4.47. The summed E-state index contributed by atoms with van der Waals surface area (Å²) in [7, 11) is 0. The maximum atomic E-state index is 16.0. The molecule has 47 heavy (non-hydrogen) atoms. The third-order valence-corrected chi connectivity index (χ3v) is 10.8. The smallest absolute Gasteiger partial charge is 0.325 e. The van der Waals surface area contributed by atoms with Gasteiger partial charge in [-0.3, -0.25) is 18.8 Å². The lowest BCUT2D eigenvalue weighted by molar-refractivity contribution is -0.0918. The van der Waals surface area contributed by atoms with Crippen LogP contribution in [0.1, 0.15) is 12.5 Å². The van der Waals surface area contributed by atoms with Crippen LogP contribution in [0.5, 0.6) is 0 Å². The third kappa shape index (κ3) is 5.56. The Balaban J connectivity index is 1.25. The first-order chi connectivity index (χ1) is 22.2. The predicted molar refractivity (Wildman–Crippen MR) is 166 cm³/mol. The van der Waals surface area contributed by atoms with Crippen LogP contribution in [0.4, 0.5) is 16.0 Å². The molecule has 3 fully saturated rings. The van der Waals surface area contributed by atoms with Gasteiger partial charge in [-0.05, 0) is 35.7 Å². The standard InChI is InChI=1S/C23H24FN9O10P2S2/c1-2-23-8-39-45(37,47)42-15-12(24)11(40-21(15)33-18-13(30-31-33)19(35)29-22(26)28-18)7-38-44(36,46)43-16(23)14(34)20(41-23)32-6-4-9-10(25)3-5-27-17(9)32/h1,3-6,11-12,14-16,20-21,34H,7-8H2,(H2,25,27)(H,36,46)(H,37,47)(H3,26,28,29,35)/t11-,12-,14-,15-,16+,20-,21-,23-,44?,45?/m1/s1. The first kappa shape index (κ1) is 32.5. The van der Waals surface area contributed by atoms with E-state index in [-0.39, 0.29) is 17.1 Å². The number of anilines is 2. The number of nitrogens with two attached hydrogens (primary N) is 2. The molecule has 0 saturated carbocycles. The molecule has 2 bridgehead atoms. The second kappa shape index (κ2) is 11.6. The number of aliphatic hydroxyl groups is 1. The molecule has 24 heteroatoms. The van der Waals surface area contributed by atoms with E-state index in [2.05, 4.69) is 31.2 Å². The molecule has 0 aliphatic carbocycles. The second-order valence-electron chi connectivity index (χ2n) is 10.7. The number of rotatable bonds is 2. The van der Waals surface area contributed by atoms with Gasteiger partial charge in [0.15, 0.2) is 35.4 Å². The number of H-pyrrole nitrogens is 1. The van der Waals surface area contributed by atoms with Crippen molar-refractivity contribution in [2.75, 3.05) is 24.7 Å². The van der Waals surface area contributed by atoms with Gasteiger partial charge in [-0.25, -0.2) is 9.37 Å². The highest BCUT2D eigenvalue weighted by Crippen LogP contribution is 2.56. The van der Waals surface area contributed by atoms with Gasteiger partial charge in [0, 0.05) is 23.5 Å². The van der Waals surface area contributed by atoms with Crippen molar-refractivity contribution in [1.82, 2.24) is 34.5 Å². The van der Waals surface area contributed by atoms with E-state index >= 15 is 4.39 Å². The molecular formula is C23H24FN9O10P2S2. The molecule has 4 aromatic rings. The molecule has 0 radical (unpaired) electrons. The summed E-state index contributed by atoms with van der Waals surface area (Å²) < 4.78 is 52.6. The van der Waals surface area contributed by atoms with E-state index in [1.165, 1.54) is 17.0 Å². The lowest BCUT2D eigenvalue weighted by Gasteiger charge is -2.32. The maximum absolute atomic E-state index is 16.0. The number of hydrogen-bond donors (Lipinski definition) is 6. The summed E-state index contributed by atoms with van der Waals surface area (Å²) in [6.45, 7) is -10.4. The van der Waals surface area contributed by atoms with Gasteiger partial charge < -0.3 is 49.4 Å². The Morgan fingerprint density at radius 3 is 2.70 bits per heavy atom. The number of nitrogen functional groups attached to an aromatic ring is 2. The van der Waals surface area contributed by atoms with Crippen molar-refractivity contribution in [2.45, 2.75) is 48.6 Å². The number of aromatic nitrogens is 7. The number of nitrogens with zero attached hydrogens (tertiary/aromatic N) is 6. The number of alkyl halides is 1. The molecule has 2 unspecified atom stereocenters. The van der Waals surface area contributed by atoms with Crippen LogP contribution in [-0.4, -0.2) is 98.8 Å². The first-order valence-electron chi connectivity index (χ1n) is 13.5. The molecule has 19 nitrogen and oxygen atoms in total. The summed E-state index contributed by atoms with van der Waals surface area (Å²) >= 11 is 10.4. The number of fused-ring (bicyclic) bond motifs is 5. The van der Waals surface area contributed by atoms with Crippen LogP contribution < -0.4 is 17.0 Å². The number of ether oxygens (including phenoxy) is 2. The molecule has 3 aliphatic rings. The number of nitrogens with one attached hydrogen (secondary N) is 1. The number of aliphatic hydroxyl groups excluding tert-OH is 1. The fourth-order valence-corrected chi connectivity index (χ4v) is 8.41. The third-order valence-electron chi connectivity index (χ3n) is 7.76. The molecule has 10 atom stereocenters. The Bertz CT molecular complexity index is 2090. The highest BCUT2D eigenvalue weighted by Gasteiger charge is 2.59. The van der Waals surface area contributed by atoms with E-state index in [9.17, 15) is 19.7 Å². The number of pyridine rings is 1. The van der Waals surface area contributed by atoms with Crippen LogP contribution in [0.3, 0.4) is 0 Å². The Morgan fingerprint density at radius 2 is 1.94 bits per heavy atom. The van der Waals surface area contributed by atoms with Crippen molar-refractivity contribution in [3.05, 3.63) is 34.9 Å². The zero-order valence-corrected chi connectivity index (χ0v) is 26.9. The van der Waals surface area contributed by atoms with Crippen LogP contribution in [0.25, 0.3) is 22.2 Å². The van der Waals surface area contributed by atoms with Crippen molar-refractivity contribution in [1.29, 1.82) is 0 Å². The zero-order valence-electron chi connectivity index (χ0n) is 23.5. The second-order valence-corrected chi connectivity index (χ2v) is 16.2. The van der Waals surface area contributed by atoms with Crippen molar-refractivity contribution in [3.63, 3.8) is 0 Å². The molecule has 250 valence electrons. The summed E-state index contributed by atoms with van der Waals surface area (Å²) in [4.78, 5) is 45.2. The highest BCUT2D eigenvalue weighted by atomic mass is 32.5. The first-order valence-corrected chi connectivity index (χ1v) is 18.7. The zero-order chi connectivity index (χ0) is 33.5. The summed E-state index contributed by atoms with van der Waals surface area (Å²) in [6.07, 6.45) is -2.72.